The minimum Gasteiger partial charge on any atom is -0.497 e. The molecule has 34 heavy (non-hydrogen) atoms. The van der Waals surface area contributed by atoms with E-state index in [-0.39, 0.29) is 11.7 Å². The molecule has 174 valence electrons. The first kappa shape index (κ1) is 24.0. The number of carbonyl (C=O) groups excluding carboxylic acids is 1. The number of ether oxygens (including phenoxy) is 1. The van der Waals surface area contributed by atoms with Crippen LogP contribution < -0.4 is 10.1 Å². The van der Waals surface area contributed by atoms with Gasteiger partial charge in [-0.25, -0.2) is 4.98 Å². The lowest BCUT2D eigenvalue weighted by Gasteiger charge is -2.08. The third-order valence-electron chi connectivity index (χ3n) is 4.78. The molecule has 2 aromatic carbocycles. The quantitative estimate of drug-likeness (QED) is 0.221. The lowest BCUT2D eigenvalue weighted by atomic mass is 10.1. The molecule has 0 saturated carbocycles. The molecule has 0 aliphatic heterocycles. The van der Waals surface area contributed by atoms with E-state index in [1.807, 2.05) is 53.1 Å². The van der Waals surface area contributed by atoms with Crippen LogP contribution in [0.4, 0.5) is 5.13 Å². The highest BCUT2D eigenvalue weighted by atomic mass is 35.5. The Hall–Kier alpha value is -3.14. The van der Waals surface area contributed by atoms with E-state index in [2.05, 4.69) is 27.1 Å². The molecule has 7 nitrogen and oxygen atoms in total. The summed E-state index contributed by atoms with van der Waals surface area (Å²) >= 11 is 8.82. The number of thiazole rings is 1. The maximum Gasteiger partial charge on any atom is 0.236 e. The molecule has 0 aliphatic carbocycles. The maximum atomic E-state index is 12.5. The predicted octanol–water partition coefficient (Wildman–Crippen LogP) is 5.57. The van der Waals surface area contributed by atoms with Crippen molar-refractivity contribution in [3.63, 3.8) is 0 Å². The van der Waals surface area contributed by atoms with E-state index in [9.17, 15) is 4.79 Å². The summed E-state index contributed by atoms with van der Waals surface area (Å²) in [6.45, 7) is 4.35. The van der Waals surface area contributed by atoms with Gasteiger partial charge in [-0.2, -0.15) is 0 Å². The molecule has 0 aliphatic rings. The first-order chi connectivity index (χ1) is 16.6. The van der Waals surface area contributed by atoms with Gasteiger partial charge >= 0.3 is 0 Å². The zero-order valence-corrected chi connectivity index (χ0v) is 20.8. The molecule has 0 saturated heterocycles. The summed E-state index contributed by atoms with van der Waals surface area (Å²) in [6, 6.07) is 15.3. The van der Waals surface area contributed by atoms with Crippen LogP contribution in [0.3, 0.4) is 0 Å². The molecule has 0 unspecified atom stereocenters. The van der Waals surface area contributed by atoms with Crippen LogP contribution in [0.1, 0.15) is 10.4 Å². The Morgan fingerprint density at radius 1 is 1.26 bits per heavy atom. The van der Waals surface area contributed by atoms with E-state index in [0.717, 1.165) is 21.8 Å². The van der Waals surface area contributed by atoms with Crippen molar-refractivity contribution >= 4 is 45.7 Å². The largest absolute Gasteiger partial charge is 0.497 e. The number of hydrogen-bond donors (Lipinski definition) is 1. The number of thioether (sulfide) groups is 1. The molecule has 4 rings (SSSR count). The van der Waals surface area contributed by atoms with E-state index in [1.165, 1.54) is 23.1 Å². The summed E-state index contributed by atoms with van der Waals surface area (Å²) in [5, 5.41) is 13.4. The summed E-state index contributed by atoms with van der Waals surface area (Å²) in [5.41, 5.74) is 2.00. The SMILES string of the molecule is C=CCn1c(SCC(=O)Nc2ncc(Cc3cccc(Cl)c3)s2)nnc1-c1ccc(OC)cc1. The fourth-order valence-electron chi connectivity index (χ4n) is 3.22. The topological polar surface area (TPSA) is 81.9 Å². The van der Waals surface area contributed by atoms with E-state index in [4.69, 9.17) is 16.3 Å². The van der Waals surface area contributed by atoms with E-state index in [1.54, 1.807) is 19.4 Å². The zero-order chi connectivity index (χ0) is 23.9. The minimum absolute atomic E-state index is 0.159. The van der Waals surface area contributed by atoms with Gasteiger partial charge in [-0.15, -0.1) is 28.1 Å². The molecule has 10 heteroatoms. The second-order valence-corrected chi connectivity index (χ2v) is 9.70. The van der Waals surface area contributed by atoms with Crippen LogP contribution in [0.2, 0.25) is 5.02 Å². The fourth-order valence-corrected chi connectivity index (χ4v) is 5.05. The molecule has 1 N–H and O–H groups in total. The Balaban J connectivity index is 1.37. The Morgan fingerprint density at radius 2 is 2.09 bits per heavy atom. The van der Waals surface area contributed by atoms with Crippen LogP contribution in [0, 0.1) is 0 Å². The second-order valence-electron chi connectivity index (χ2n) is 7.21. The second kappa shape index (κ2) is 11.3. The number of allylic oxidation sites excluding steroid dienone is 1. The summed E-state index contributed by atoms with van der Waals surface area (Å²) in [4.78, 5) is 17.9. The highest BCUT2D eigenvalue weighted by Gasteiger charge is 2.16. The molecule has 2 aromatic heterocycles. The number of methoxy groups -OCH3 is 1. The van der Waals surface area contributed by atoms with E-state index < -0.39 is 0 Å². The predicted molar refractivity (Wildman–Crippen MR) is 138 cm³/mol. The molecule has 1 amide bonds. The number of amides is 1. The first-order valence-corrected chi connectivity index (χ1v) is 12.5. The summed E-state index contributed by atoms with van der Waals surface area (Å²) in [5.74, 6) is 1.49. The van der Waals surface area contributed by atoms with E-state index >= 15 is 0 Å². The molecule has 0 spiro atoms. The number of hydrogen-bond acceptors (Lipinski definition) is 7. The number of anilines is 1. The maximum absolute atomic E-state index is 12.5. The standard InChI is InChI=1S/C24H22ClN5O2S2/c1-3-11-30-22(17-7-9-19(32-2)10-8-17)28-29-24(30)33-15-21(31)27-23-26-14-20(34-23)13-16-5-4-6-18(25)12-16/h3-10,12,14H,1,11,13,15H2,2H3,(H,26,27,31). The molecule has 0 atom stereocenters. The average molecular weight is 512 g/mol. The number of benzene rings is 2. The van der Waals surface area contributed by atoms with Gasteiger partial charge in [-0.1, -0.05) is 41.6 Å². The number of rotatable bonds is 10. The van der Waals surface area contributed by atoms with Crippen molar-refractivity contribution in [2.75, 3.05) is 18.2 Å². The van der Waals surface area contributed by atoms with Crippen molar-refractivity contribution < 1.29 is 9.53 Å². The minimum atomic E-state index is -0.159. The van der Waals surface area contributed by atoms with Gasteiger partial charge in [0.1, 0.15) is 5.75 Å². The van der Waals surface area contributed by atoms with Crippen LogP contribution in [-0.2, 0) is 17.8 Å². The fraction of sp³-hybridized carbons (Fsp3) is 0.167. The Kier molecular flexibility index (Phi) is 7.99. The van der Waals surface area contributed by atoms with Crippen molar-refractivity contribution in [1.29, 1.82) is 0 Å². The highest BCUT2D eigenvalue weighted by Crippen LogP contribution is 2.27. The first-order valence-electron chi connectivity index (χ1n) is 10.4. The highest BCUT2D eigenvalue weighted by molar-refractivity contribution is 7.99. The summed E-state index contributed by atoms with van der Waals surface area (Å²) in [7, 11) is 1.63. The van der Waals surface area contributed by atoms with Crippen molar-refractivity contribution in [3.8, 4) is 17.1 Å². The van der Waals surface area contributed by atoms with Gasteiger partial charge in [0.15, 0.2) is 16.1 Å². The molecule has 0 bridgehead atoms. The van der Waals surface area contributed by atoms with Gasteiger partial charge in [-0.3, -0.25) is 9.36 Å². The van der Waals surface area contributed by atoms with Crippen LogP contribution in [0.15, 0.2) is 72.5 Å². The van der Waals surface area contributed by atoms with Crippen molar-refractivity contribution in [2.24, 2.45) is 0 Å². The van der Waals surface area contributed by atoms with Crippen molar-refractivity contribution in [3.05, 3.63) is 82.8 Å². The molecular weight excluding hydrogens is 490 g/mol. The summed E-state index contributed by atoms with van der Waals surface area (Å²) in [6.07, 6.45) is 4.26. The zero-order valence-electron chi connectivity index (χ0n) is 18.4. The number of nitrogens with zero attached hydrogens (tertiary/aromatic N) is 4. The van der Waals surface area contributed by atoms with Crippen LogP contribution >= 0.6 is 34.7 Å². The van der Waals surface area contributed by atoms with Gasteiger partial charge in [0.25, 0.3) is 0 Å². The van der Waals surface area contributed by atoms with Gasteiger partial charge in [0, 0.05) is 34.6 Å². The van der Waals surface area contributed by atoms with Crippen LogP contribution in [0.5, 0.6) is 5.75 Å². The number of halogens is 1. The van der Waals surface area contributed by atoms with Gasteiger partial charge in [-0.05, 0) is 42.0 Å². The Bertz CT molecular complexity index is 1290. The monoisotopic (exact) mass is 511 g/mol. The lowest BCUT2D eigenvalue weighted by molar-refractivity contribution is -0.113. The number of aromatic nitrogens is 4. The number of carbonyl (C=O) groups is 1. The normalized spacial score (nSPS) is 10.8. The van der Waals surface area contributed by atoms with Crippen molar-refractivity contribution in [2.45, 2.75) is 18.1 Å². The molecular formula is C24H22ClN5O2S2. The molecule has 0 radical (unpaired) electrons. The third kappa shape index (κ3) is 6.05. The van der Waals surface area contributed by atoms with Crippen LogP contribution in [-0.4, -0.2) is 38.5 Å². The van der Waals surface area contributed by atoms with Gasteiger partial charge in [0.2, 0.25) is 5.91 Å². The smallest absolute Gasteiger partial charge is 0.236 e. The number of nitrogens with one attached hydrogen (secondary N) is 1. The van der Waals surface area contributed by atoms with Gasteiger partial charge < -0.3 is 10.1 Å². The van der Waals surface area contributed by atoms with Crippen molar-refractivity contribution in [1.82, 2.24) is 19.7 Å². The van der Waals surface area contributed by atoms with Gasteiger partial charge in [0.05, 0.1) is 12.9 Å². The summed E-state index contributed by atoms with van der Waals surface area (Å²) < 4.78 is 7.15. The molecule has 4 aromatic rings. The molecule has 0 fully saturated rings. The lowest BCUT2D eigenvalue weighted by Crippen LogP contribution is -2.14. The van der Waals surface area contributed by atoms with E-state index in [0.29, 0.717) is 34.1 Å². The van der Waals surface area contributed by atoms with Crippen LogP contribution in [0.25, 0.3) is 11.4 Å². The Labute approximate surface area is 210 Å². The third-order valence-corrected chi connectivity index (χ3v) is 6.89. The Morgan fingerprint density at radius 3 is 2.82 bits per heavy atom. The molecule has 2 heterocycles. The average Bonchev–Trinajstić information content (AvgIpc) is 3.44.